The number of methoxy groups -OCH3 is 1. The van der Waals surface area contributed by atoms with Crippen molar-refractivity contribution in [1.29, 1.82) is 0 Å². The summed E-state index contributed by atoms with van der Waals surface area (Å²) in [5, 5.41) is 10.1. The summed E-state index contributed by atoms with van der Waals surface area (Å²) in [5.74, 6) is 0.625. The summed E-state index contributed by atoms with van der Waals surface area (Å²) in [4.78, 5) is 0. The molecule has 0 amide bonds. The molecule has 0 saturated carbocycles. The van der Waals surface area contributed by atoms with E-state index in [4.69, 9.17) is 4.74 Å². The van der Waals surface area contributed by atoms with Gasteiger partial charge in [-0.2, -0.15) is 0 Å². The van der Waals surface area contributed by atoms with Gasteiger partial charge in [0.1, 0.15) is 0 Å². The Balaban J connectivity index is 4.07. The van der Waals surface area contributed by atoms with E-state index >= 15 is 0 Å². The van der Waals surface area contributed by atoms with Gasteiger partial charge in [0.05, 0.1) is 12.2 Å². The number of ether oxygens (including phenoxy) is 1. The minimum Gasteiger partial charge on any atom is -0.387 e. The highest BCUT2D eigenvalue weighted by Gasteiger charge is 2.27. The van der Waals surface area contributed by atoms with Crippen molar-refractivity contribution >= 4 is 0 Å². The van der Waals surface area contributed by atoms with Crippen molar-refractivity contribution in [2.24, 2.45) is 5.92 Å². The standard InChI is InChI=1S/C11H24O2/c1-5-10(6-2)8-11(12,7-3)9-13-4/h10,12H,5-9H2,1-4H3. The first kappa shape index (κ1) is 12.9. The molecule has 13 heavy (non-hydrogen) atoms. The summed E-state index contributed by atoms with van der Waals surface area (Å²) < 4.78 is 5.04. The van der Waals surface area contributed by atoms with Crippen LogP contribution in [0.4, 0.5) is 0 Å². The Kier molecular flexibility index (Phi) is 6.35. The lowest BCUT2D eigenvalue weighted by molar-refractivity contribution is -0.0508. The molecule has 0 heterocycles. The topological polar surface area (TPSA) is 29.5 Å². The van der Waals surface area contributed by atoms with E-state index in [1.54, 1.807) is 7.11 Å². The summed E-state index contributed by atoms with van der Waals surface area (Å²) in [6.45, 7) is 6.83. The molecule has 0 aromatic heterocycles. The first-order chi connectivity index (χ1) is 6.11. The van der Waals surface area contributed by atoms with Gasteiger partial charge in [0.2, 0.25) is 0 Å². The summed E-state index contributed by atoms with van der Waals surface area (Å²) in [6.07, 6.45) is 3.92. The van der Waals surface area contributed by atoms with Crippen LogP contribution in [0.5, 0.6) is 0 Å². The third-order valence-corrected chi connectivity index (χ3v) is 2.89. The largest absolute Gasteiger partial charge is 0.387 e. The first-order valence-electron chi connectivity index (χ1n) is 5.33. The smallest absolute Gasteiger partial charge is 0.0880 e. The van der Waals surface area contributed by atoms with E-state index in [-0.39, 0.29) is 0 Å². The van der Waals surface area contributed by atoms with Crippen molar-refractivity contribution in [3.8, 4) is 0 Å². The number of rotatable bonds is 7. The summed E-state index contributed by atoms with van der Waals surface area (Å²) in [5.41, 5.74) is -0.606. The molecule has 80 valence electrons. The molecule has 0 aliphatic carbocycles. The lowest BCUT2D eigenvalue weighted by atomic mass is 9.86. The second kappa shape index (κ2) is 6.39. The van der Waals surface area contributed by atoms with Crippen LogP contribution in [0.1, 0.15) is 46.5 Å². The van der Waals surface area contributed by atoms with Crippen LogP contribution < -0.4 is 0 Å². The van der Waals surface area contributed by atoms with Crippen molar-refractivity contribution in [2.45, 2.75) is 52.1 Å². The molecule has 0 aromatic rings. The Morgan fingerprint density at radius 3 is 2.08 bits per heavy atom. The minimum absolute atomic E-state index is 0.458. The Morgan fingerprint density at radius 2 is 1.77 bits per heavy atom. The predicted molar refractivity (Wildman–Crippen MR) is 55.8 cm³/mol. The van der Waals surface area contributed by atoms with E-state index < -0.39 is 5.60 Å². The van der Waals surface area contributed by atoms with E-state index in [9.17, 15) is 5.11 Å². The molecule has 0 fully saturated rings. The monoisotopic (exact) mass is 188 g/mol. The van der Waals surface area contributed by atoms with Crippen LogP contribution in [-0.2, 0) is 4.74 Å². The summed E-state index contributed by atoms with van der Waals surface area (Å²) in [6, 6.07) is 0. The van der Waals surface area contributed by atoms with Gasteiger partial charge >= 0.3 is 0 Å². The van der Waals surface area contributed by atoms with Gasteiger partial charge < -0.3 is 9.84 Å². The maximum absolute atomic E-state index is 10.1. The van der Waals surface area contributed by atoms with E-state index in [0.717, 1.165) is 25.7 Å². The van der Waals surface area contributed by atoms with Gasteiger partial charge in [0.15, 0.2) is 0 Å². The lowest BCUT2D eigenvalue weighted by Crippen LogP contribution is -2.35. The van der Waals surface area contributed by atoms with E-state index in [2.05, 4.69) is 13.8 Å². The van der Waals surface area contributed by atoms with Gasteiger partial charge in [-0.1, -0.05) is 33.6 Å². The van der Waals surface area contributed by atoms with Crippen molar-refractivity contribution < 1.29 is 9.84 Å². The van der Waals surface area contributed by atoms with Crippen molar-refractivity contribution in [3.05, 3.63) is 0 Å². The van der Waals surface area contributed by atoms with Crippen LogP contribution in [0.15, 0.2) is 0 Å². The zero-order valence-electron chi connectivity index (χ0n) is 9.47. The van der Waals surface area contributed by atoms with Crippen LogP contribution in [0.25, 0.3) is 0 Å². The summed E-state index contributed by atoms with van der Waals surface area (Å²) in [7, 11) is 1.65. The fraction of sp³-hybridized carbons (Fsp3) is 1.00. The van der Waals surface area contributed by atoms with Gasteiger partial charge in [0, 0.05) is 7.11 Å². The highest BCUT2D eigenvalue weighted by atomic mass is 16.5. The highest BCUT2D eigenvalue weighted by molar-refractivity contribution is 4.79. The fourth-order valence-corrected chi connectivity index (χ4v) is 1.69. The molecule has 1 N–H and O–H groups in total. The van der Waals surface area contributed by atoms with Crippen molar-refractivity contribution in [1.82, 2.24) is 0 Å². The molecule has 0 aromatic carbocycles. The molecule has 2 heteroatoms. The van der Waals surface area contributed by atoms with Crippen LogP contribution in [-0.4, -0.2) is 24.4 Å². The van der Waals surface area contributed by atoms with Gasteiger partial charge in [0.25, 0.3) is 0 Å². The molecule has 0 aliphatic rings. The maximum atomic E-state index is 10.1. The van der Waals surface area contributed by atoms with Gasteiger partial charge in [-0.05, 0) is 18.8 Å². The SMILES string of the molecule is CCC(CC)CC(O)(CC)COC. The molecule has 0 bridgehead atoms. The van der Waals surface area contributed by atoms with Crippen LogP contribution >= 0.6 is 0 Å². The summed E-state index contributed by atoms with van der Waals surface area (Å²) >= 11 is 0. The number of hydrogen-bond donors (Lipinski definition) is 1. The predicted octanol–water partition coefficient (Wildman–Crippen LogP) is 2.60. The highest BCUT2D eigenvalue weighted by Crippen LogP contribution is 2.25. The third kappa shape index (κ3) is 4.63. The lowest BCUT2D eigenvalue weighted by Gasteiger charge is -2.29. The van der Waals surface area contributed by atoms with Crippen molar-refractivity contribution in [2.75, 3.05) is 13.7 Å². The maximum Gasteiger partial charge on any atom is 0.0880 e. The molecule has 0 rings (SSSR count). The molecule has 2 nitrogen and oxygen atoms in total. The van der Waals surface area contributed by atoms with Gasteiger partial charge in [-0.3, -0.25) is 0 Å². The van der Waals surface area contributed by atoms with E-state index in [1.165, 1.54) is 0 Å². The third-order valence-electron chi connectivity index (χ3n) is 2.89. The molecular weight excluding hydrogens is 164 g/mol. The van der Waals surface area contributed by atoms with Crippen LogP contribution in [0.3, 0.4) is 0 Å². The molecular formula is C11H24O2. The second-order valence-corrected chi connectivity index (χ2v) is 3.90. The first-order valence-corrected chi connectivity index (χ1v) is 5.33. The molecule has 0 saturated heterocycles. The van der Waals surface area contributed by atoms with Crippen LogP contribution in [0.2, 0.25) is 0 Å². The average molecular weight is 188 g/mol. The molecule has 0 spiro atoms. The number of aliphatic hydroxyl groups is 1. The Bertz CT molecular complexity index is 121. The Morgan fingerprint density at radius 1 is 1.23 bits per heavy atom. The molecule has 0 aliphatic heterocycles. The fourth-order valence-electron chi connectivity index (χ4n) is 1.69. The molecule has 1 unspecified atom stereocenters. The molecule has 1 atom stereocenters. The van der Waals surface area contributed by atoms with E-state index in [1.807, 2.05) is 6.92 Å². The van der Waals surface area contributed by atoms with Crippen LogP contribution in [0, 0.1) is 5.92 Å². The zero-order chi connectivity index (χ0) is 10.3. The Labute approximate surface area is 82.3 Å². The van der Waals surface area contributed by atoms with Crippen molar-refractivity contribution in [3.63, 3.8) is 0 Å². The minimum atomic E-state index is -0.606. The Hall–Kier alpha value is -0.0800. The quantitative estimate of drug-likeness (QED) is 0.665. The van der Waals surface area contributed by atoms with Gasteiger partial charge in [-0.15, -0.1) is 0 Å². The second-order valence-electron chi connectivity index (χ2n) is 3.90. The average Bonchev–Trinajstić information content (AvgIpc) is 2.15. The number of hydrogen-bond acceptors (Lipinski definition) is 2. The zero-order valence-corrected chi connectivity index (χ0v) is 9.47. The van der Waals surface area contributed by atoms with Gasteiger partial charge in [-0.25, -0.2) is 0 Å². The van der Waals surface area contributed by atoms with E-state index in [0.29, 0.717) is 12.5 Å². The molecule has 0 radical (unpaired) electrons. The normalized spacial score (nSPS) is 16.2.